The number of esters is 3. The molecule has 55 heavy (non-hydrogen) atoms. The molecule has 2 atom stereocenters. The minimum atomic E-state index is -0.760. The van der Waals surface area contributed by atoms with Crippen molar-refractivity contribution in [1.29, 1.82) is 0 Å². The Labute approximate surface area is 342 Å². The van der Waals surface area contributed by atoms with Crippen molar-refractivity contribution in [3.8, 4) is 0 Å². The Morgan fingerprint density at radius 3 is 1.04 bits per heavy atom. The average Bonchev–Trinajstić information content (AvgIpc) is 3.17. The molecule has 0 N–H and O–H groups in total. The van der Waals surface area contributed by atoms with Gasteiger partial charge in [0.15, 0.2) is 6.10 Å². The van der Waals surface area contributed by atoms with Crippen molar-refractivity contribution in [1.82, 2.24) is 0 Å². The number of ether oxygens (including phenoxy) is 3. The summed E-state index contributed by atoms with van der Waals surface area (Å²) in [4.78, 5) is 37.7. The molecule has 0 radical (unpaired) electrons. The van der Waals surface area contributed by atoms with Crippen LogP contribution < -0.4 is 0 Å². The molecule has 0 aromatic carbocycles. The van der Waals surface area contributed by atoms with E-state index < -0.39 is 6.10 Å². The molecular formula is C49H94O6. The van der Waals surface area contributed by atoms with Gasteiger partial charge in [-0.05, 0) is 31.1 Å². The number of hydrogen-bond acceptors (Lipinski definition) is 6. The summed E-state index contributed by atoms with van der Waals surface area (Å²) in [6, 6.07) is 0. The molecule has 0 fully saturated rings. The maximum absolute atomic E-state index is 12.7. The third-order valence-corrected chi connectivity index (χ3v) is 11.3. The number of hydrogen-bond donors (Lipinski definition) is 0. The van der Waals surface area contributed by atoms with E-state index in [2.05, 4.69) is 34.6 Å². The maximum atomic E-state index is 12.7. The van der Waals surface area contributed by atoms with Gasteiger partial charge < -0.3 is 14.2 Å². The molecule has 326 valence electrons. The van der Waals surface area contributed by atoms with Gasteiger partial charge in [0, 0.05) is 19.3 Å². The molecule has 0 saturated heterocycles. The Balaban J connectivity index is 4.22. The van der Waals surface area contributed by atoms with Gasteiger partial charge in [0.05, 0.1) is 0 Å². The van der Waals surface area contributed by atoms with E-state index in [0.29, 0.717) is 19.3 Å². The molecule has 0 aliphatic carbocycles. The molecule has 0 spiro atoms. The summed E-state index contributed by atoms with van der Waals surface area (Å²) in [7, 11) is 0. The normalized spacial score (nSPS) is 12.5. The first-order valence-electron chi connectivity index (χ1n) is 24.3. The average molecular weight is 779 g/mol. The highest BCUT2D eigenvalue weighted by atomic mass is 16.6. The lowest BCUT2D eigenvalue weighted by Gasteiger charge is -2.18. The van der Waals surface area contributed by atoms with Crippen molar-refractivity contribution >= 4 is 17.9 Å². The zero-order chi connectivity index (χ0) is 40.5. The van der Waals surface area contributed by atoms with Crippen LogP contribution in [0.25, 0.3) is 0 Å². The van der Waals surface area contributed by atoms with Crippen LogP contribution in [-0.2, 0) is 28.6 Å². The third kappa shape index (κ3) is 41.9. The molecule has 6 nitrogen and oxygen atoms in total. The van der Waals surface area contributed by atoms with Gasteiger partial charge in [0.25, 0.3) is 0 Å². The summed E-state index contributed by atoms with van der Waals surface area (Å²) in [5, 5.41) is 0. The molecule has 0 aromatic heterocycles. The standard InChI is InChI=1S/C49H94O6/c1-6-8-9-10-11-18-25-31-36-41-49(52)55-46(43-54-48(51)40-35-30-26-21-22-27-32-37-44(3)4)42-53-47(50)39-34-29-24-20-17-15-13-12-14-16-19-23-28-33-38-45(5)7-2/h44-46H,6-43H2,1-5H3/t45?,46-/m0/s1. The lowest BCUT2D eigenvalue weighted by atomic mass is 9.99. The van der Waals surface area contributed by atoms with Crippen LogP contribution in [-0.4, -0.2) is 37.2 Å². The second kappa shape index (κ2) is 42.0. The van der Waals surface area contributed by atoms with Crippen molar-refractivity contribution < 1.29 is 28.6 Å². The molecular weight excluding hydrogens is 685 g/mol. The van der Waals surface area contributed by atoms with Gasteiger partial charge in [-0.25, -0.2) is 0 Å². The lowest BCUT2D eigenvalue weighted by molar-refractivity contribution is -0.167. The van der Waals surface area contributed by atoms with Crippen LogP contribution in [0.5, 0.6) is 0 Å². The van der Waals surface area contributed by atoms with E-state index >= 15 is 0 Å². The van der Waals surface area contributed by atoms with Gasteiger partial charge in [0.2, 0.25) is 0 Å². The van der Waals surface area contributed by atoms with E-state index in [0.717, 1.165) is 69.6 Å². The number of unbranched alkanes of at least 4 members (excludes halogenated alkanes) is 27. The molecule has 0 aliphatic rings. The van der Waals surface area contributed by atoms with Gasteiger partial charge in [-0.3, -0.25) is 14.4 Å². The van der Waals surface area contributed by atoms with Gasteiger partial charge in [-0.2, -0.15) is 0 Å². The van der Waals surface area contributed by atoms with Crippen LogP contribution in [0.15, 0.2) is 0 Å². The second-order valence-corrected chi connectivity index (χ2v) is 17.5. The van der Waals surface area contributed by atoms with E-state index in [1.165, 1.54) is 154 Å². The molecule has 0 aromatic rings. The van der Waals surface area contributed by atoms with Crippen LogP contribution >= 0.6 is 0 Å². The van der Waals surface area contributed by atoms with E-state index in [1.807, 2.05) is 0 Å². The minimum Gasteiger partial charge on any atom is -0.462 e. The van der Waals surface area contributed by atoms with Crippen LogP contribution in [0.1, 0.15) is 266 Å². The third-order valence-electron chi connectivity index (χ3n) is 11.3. The van der Waals surface area contributed by atoms with Crippen LogP contribution in [0.4, 0.5) is 0 Å². The second-order valence-electron chi connectivity index (χ2n) is 17.5. The Bertz CT molecular complexity index is 841. The summed E-state index contributed by atoms with van der Waals surface area (Å²) >= 11 is 0. The summed E-state index contributed by atoms with van der Waals surface area (Å²) < 4.78 is 16.7. The molecule has 0 heterocycles. The van der Waals surface area contributed by atoms with Crippen molar-refractivity contribution in [3.05, 3.63) is 0 Å². The van der Waals surface area contributed by atoms with Crippen molar-refractivity contribution in [2.24, 2.45) is 11.8 Å². The van der Waals surface area contributed by atoms with E-state index in [4.69, 9.17) is 14.2 Å². The first-order valence-corrected chi connectivity index (χ1v) is 24.3. The van der Waals surface area contributed by atoms with Gasteiger partial charge >= 0.3 is 17.9 Å². The van der Waals surface area contributed by atoms with Gasteiger partial charge in [-0.15, -0.1) is 0 Å². The quantitative estimate of drug-likeness (QED) is 0.0348. The predicted molar refractivity (Wildman–Crippen MR) is 233 cm³/mol. The SMILES string of the molecule is CCCCCCCCCCCC(=O)O[C@@H](COC(=O)CCCCCCCCCCCCCCCCC(C)CC)COC(=O)CCCCCCCCCC(C)C. The number of carbonyl (C=O) groups excluding carboxylic acids is 3. The monoisotopic (exact) mass is 779 g/mol. The highest BCUT2D eigenvalue weighted by molar-refractivity contribution is 5.71. The molecule has 0 saturated carbocycles. The molecule has 0 amide bonds. The largest absolute Gasteiger partial charge is 0.462 e. The van der Waals surface area contributed by atoms with Crippen LogP contribution in [0.2, 0.25) is 0 Å². The molecule has 6 heteroatoms. The van der Waals surface area contributed by atoms with Crippen molar-refractivity contribution in [3.63, 3.8) is 0 Å². The lowest BCUT2D eigenvalue weighted by Crippen LogP contribution is -2.30. The fraction of sp³-hybridized carbons (Fsp3) is 0.939. The van der Waals surface area contributed by atoms with Crippen LogP contribution in [0, 0.1) is 11.8 Å². The number of rotatable bonds is 43. The smallest absolute Gasteiger partial charge is 0.306 e. The summed E-state index contributed by atoms with van der Waals surface area (Å²) in [6.07, 6.45) is 40.9. The fourth-order valence-electron chi connectivity index (χ4n) is 7.25. The van der Waals surface area contributed by atoms with Crippen LogP contribution in [0.3, 0.4) is 0 Å². The number of carbonyl (C=O) groups is 3. The fourth-order valence-corrected chi connectivity index (χ4v) is 7.25. The molecule has 0 aliphatic heterocycles. The predicted octanol–water partition coefficient (Wildman–Crippen LogP) is 15.4. The van der Waals surface area contributed by atoms with Gasteiger partial charge in [-0.1, -0.05) is 227 Å². The van der Waals surface area contributed by atoms with Crippen molar-refractivity contribution in [2.75, 3.05) is 13.2 Å². The summed E-state index contributed by atoms with van der Waals surface area (Å²) in [6.45, 7) is 11.3. The maximum Gasteiger partial charge on any atom is 0.306 e. The zero-order valence-corrected chi connectivity index (χ0v) is 37.6. The topological polar surface area (TPSA) is 78.9 Å². The Morgan fingerprint density at radius 2 is 0.691 bits per heavy atom. The highest BCUT2D eigenvalue weighted by Crippen LogP contribution is 2.17. The van der Waals surface area contributed by atoms with E-state index in [9.17, 15) is 14.4 Å². The summed E-state index contributed by atoms with van der Waals surface area (Å²) in [5.41, 5.74) is 0. The Kier molecular flexibility index (Phi) is 40.8. The highest BCUT2D eigenvalue weighted by Gasteiger charge is 2.19. The Hall–Kier alpha value is -1.59. The van der Waals surface area contributed by atoms with Gasteiger partial charge in [0.1, 0.15) is 13.2 Å². The minimum absolute atomic E-state index is 0.0648. The summed E-state index contributed by atoms with van der Waals surface area (Å²) in [5.74, 6) is 0.819. The van der Waals surface area contributed by atoms with E-state index in [-0.39, 0.29) is 31.1 Å². The molecule has 1 unspecified atom stereocenters. The van der Waals surface area contributed by atoms with E-state index in [1.54, 1.807) is 0 Å². The molecule has 0 rings (SSSR count). The van der Waals surface area contributed by atoms with Crippen molar-refractivity contribution in [2.45, 2.75) is 272 Å². The first-order chi connectivity index (χ1) is 26.8. The zero-order valence-electron chi connectivity index (χ0n) is 37.6. The Morgan fingerprint density at radius 1 is 0.382 bits per heavy atom. The first kappa shape index (κ1) is 53.4. The molecule has 0 bridgehead atoms.